The highest BCUT2D eigenvalue weighted by molar-refractivity contribution is 7.66. The maximum atomic E-state index is 11.4. The Morgan fingerprint density at radius 3 is 1.91 bits per heavy atom. The van der Waals surface area contributed by atoms with Crippen LogP contribution in [0.3, 0.4) is 0 Å². The first-order chi connectivity index (χ1) is 9.72. The molecule has 0 aromatic rings. The highest BCUT2D eigenvalue weighted by Gasteiger charge is 2.44. The first kappa shape index (κ1) is 20.3. The lowest BCUT2D eigenvalue weighted by Crippen LogP contribution is -2.33. The van der Waals surface area contributed by atoms with Crippen LogP contribution >= 0.6 is 23.5 Å². The van der Waals surface area contributed by atoms with Crippen molar-refractivity contribution in [2.45, 2.75) is 31.3 Å². The lowest BCUT2D eigenvalue weighted by molar-refractivity contribution is -0.0168. The van der Waals surface area contributed by atoms with E-state index in [0.717, 1.165) is 0 Å². The van der Waals surface area contributed by atoms with Crippen molar-refractivity contribution in [3.63, 3.8) is 0 Å². The van der Waals surface area contributed by atoms with E-state index >= 15 is 0 Å². The molecule has 0 amide bonds. The quantitative estimate of drug-likeness (QED) is 0.285. The van der Waals surface area contributed by atoms with E-state index in [-0.39, 0.29) is 0 Å². The molecule has 0 aliphatic carbocycles. The summed E-state index contributed by atoms with van der Waals surface area (Å²) in [7, 11) is -16.3. The maximum absolute atomic E-state index is 11.4. The molecule has 3 unspecified atom stereocenters. The Balaban J connectivity index is 2.60. The van der Waals surface area contributed by atoms with Crippen LogP contribution in [0.2, 0.25) is 0 Å². The van der Waals surface area contributed by atoms with Crippen LogP contribution in [-0.4, -0.2) is 60.8 Å². The van der Waals surface area contributed by atoms with Gasteiger partial charge in [0.05, 0.1) is 12.7 Å². The largest absolute Gasteiger partial charge is 0.490 e. The topological polar surface area (TPSA) is 210 Å². The average molecular weight is 388 g/mol. The van der Waals surface area contributed by atoms with Crippen molar-refractivity contribution in [3.8, 4) is 0 Å². The first-order valence-corrected chi connectivity index (χ1v) is 10.0. The molecule has 22 heavy (non-hydrogen) atoms. The van der Waals surface area contributed by atoms with Crippen LogP contribution in [0.15, 0.2) is 0 Å². The van der Waals surface area contributed by atoms with Crippen LogP contribution in [0.25, 0.3) is 0 Å². The van der Waals surface area contributed by atoms with Gasteiger partial charge in [0.2, 0.25) is 0 Å². The van der Waals surface area contributed by atoms with Gasteiger partial charge in [0.1, 0.15) is 18.3 Å². The third-order valence-corrected chi connectivity index (χ3v) is 6.22. The molecule has 1 rings (SSSR count). The summed E-state index contributed by atoms with van der Waals surface area (Å²) in [5.41, 5.74) is 0. The summed E-state index contributed by atoms with van der Waals surface area (Å²) in [5, 5.41) is 18.9. The van der Waals surface area contributed by atoms with Crippen molar-refractivity contribution in [3.05, 3.63) is 0 Å². The molecule has 132 valence electrons. The second-order valence-electron chi connectivity index (χ2n) is 4.25. The molecule has 1 saturated heterocycles. The SMILES string of the molecule is C[C@@H]1O[C@H](COP(=O)(O)OP(=O)(O)OP(=O)(O)O)[C@H](O)C1O. The fourth-order valence-electron chi connectivity index (χ4n) is 1.54. The number of aliphatic hydroxyl groups is 2. The van der Waals surface area contributed by atoms with Crippen LogP contribution in [0.1, 0.15) is 6.92 Å². The Hall–Kier alpha value is 0.290. The molecule has 6 atom stereocenters. The summed E-state index contributed by atoms with van der Waals surface area (Å²) >= 11 is 0. The zero-order chi connectivity index (χ0) is 17.3. The van der Waals surface area contributed by atoms with Crippen molar-refractivity contribution in [2.75, 3.05) is 6.61 Å². The van der Waals surface area contributed by atoms with Crippen LogP contribution in [0.4, 0.5) is 0 Å². The number of hydrogen-bond donors (Lipinski definition) is 6. The van der Waals surface area contributed by atoms with E-state index in [9.17, 15) is 28.8 Å². The van der Waals surface area contributed by atoms with E-state index in [1.165, 1.54) is 6.92 Å². The molecule has 13 nitrogen and oxygen atoms in total. The van der Waals surface area contributed by atoms with Gasteiger partial charge in [-0.15, -0.1) is 0 Å². The summed E-state index contributed by atoms with van der Waals surface area (Å²) in [4.78, 5) is 34.7. The molecule has 0 spiro atoms. The predicted molar refractivity (Wildman–Crippen MR) is 66.2 cm³/mol. The molecule has 1 heterocycles. The van der Waals surface area contributed by atoms with Gasteiger partial charge >= 0.3 is 23.5 Å². The van der Waals surface area contributed by atoms with Crippen LogP contribution < -0.4 is 0 Å². The Morgan fingerprint density at radius 2 is 1.50 bits per heavy atom. The van der Waals surface area contributed by atoms with E-state index in [1.807, 2.05) is 0 Å². The van der Waals surface area contributed by atoms with Gasteiger partial charge in [-0.2, -0.15) is 8.62 Å². The van der Waals surface area contributed by atoms with Gasteiger partial charge in [-0.05, 0) is 6.92 Å². The zero-order valence-electron chi connectivity index (χ0n) is 10.9. The Labute approximate surface area is 123 Å². The predicted octanol–water partition coefficient (Wildman–Crippen LogP) is -1.16. The average Bonchev–Trinajstić information content (AvgIpc) is 2.49. The molecule has 0 bridgehead atoms. The van der Waals surface area contributed by atoms with E-state index in [1.54, 1.807) is 0 Å². The monoisotopic (exact) mass is 388 g/mol. The van der Waals surface area contributed by atoms with Crippen LogP contribution in [0, 0.1) is 0 Å². The Morgan fingerprint density at radius 1 is 0.955 bits per heavy atom. The fraction of sp³-hybridized carbons (Fsp3) is 1.00. The summed E-state index contributed by atoms with van der Waals surface area (Å²) in [6.07, 6.45) is -4.73. The Kier molecular flexibility index (Phi) is 6.51. The van der Waals surface area contributed by atoms with Crippen molar-refractivity contribution in [1.29, 1.82) is 0 Å². The van der Waals surface area contributed by atoms with Gasteiger partial charge in [0, 0.05) is 0 Å². The van der Waals surface area contributed by atoms with Gasteiger partial charge in [-0.3, -0.25) is 4.52 Å². The normalized spacial score (nSPS) is 35.0. The van der Waals surface area contributed by atoms with E-state index in [0.29, 0.717) is 0 Å². The van der Waals surface area contributed by atoms with E-state index in [4.69, 9.17) is 19.4 Å². The van der Waals surface area contributed by atoms with Crippen molar-refractivity contribution in [1.82, 2.24) is 0 Å². The second-order valence-corrected chi connectivity index (χ2v) is 8.67. The lowest BCUT2D eigenvalue weighted by Gasteiger charge is -2.19. The van der Waals surface area contributed by atoms with Crippen molar-refractivity contribution < 1.29 is 61.4 Å². The molecule has 0 saturated carbocycles. The van der Waals surface area contributed by atoms with Gasteiger partial charge in [0.15, 0.2) is 0 Å². The van der Waals surface area contributed by atoms with E-state index in [2.05, 4.69) is 13.1 Å². The fourth-order valence-corrected chi connectivity index (χ4v) is 4.57. The third kappa shape index (κ3) is 6.42. The van der Waals surface area contributed by atoms with Crippen LogP contribution in [0.5, 0.6) is 0 Å². The molecule has 0 radical (unpaired) electrons. The standard InChI is InChI=1S/C6H15O13P3/c1-3-5(7)6(8)4(17-3)2-16-21(12,13)19-22(14,15)18-20(9,10)11/h3-8H,2H2,1H3,(H,12,13)(H,14,15)(H2,9,10,11)/t3-,4+,5?,6-/m0/s1. The first-order valence-electron chi connectivity index (χ1n) is 5.52. The number of aliphatic hydroxyl groups excluding tert-OH is 2. The van der Waals surface area contributed by atoms with Gasteiger partial charge in [-0.1, -0.05) is 0 Å². The highest BCUT2D eigenvalue weighted by atomic mass is 31.3. The lowest BCUT2D eigenvalue weighted by atomic mass is 10.1. The van der Waals surface area contributed by atoms with Crippen molar-refractivity contribution >= 4 is 23.5 Å². The molecule has 16 heteroatoms. The number of phosphoric acid groups is 3. The Bertz CT molecular complexity index is 528. The van der Waals surface area contributed by atoms with Gasteiger partial charge < -0.3 is 34.5 Å². The van der Waals surface area contributed by atoms with Crippen molar-refractivity contribution in [2.24, 2.45) is 0 Å². The molecule has 0 aromatic heterocycles. The highest BCUT2D eigenvalue weighted by Crippen LogP contribution is 2.66. The summed E-state index contributed by atoms with van der Waals surface area (Å²) in [5.74, 6) is 0. The minimum atomic E-state index is -5.59. The minimum absolute atomic E-state index is 0.787. The third-order valence-electron chi connectivity index (χ3n) is 2.42. The number of hydrogen-bond acceptors (Lipinski definition) is 9. The molecular formula is C6H15O13P3. The van der Waals surface area contributed by atoms with E-state index < -0.39 is 54.5 Å². The zero-order valence-corrected chi connectivity index (χ0v) is 13.6. The maximum Gasteiger partial charge on any atom is 0.490 e. The molecule has 6 N–H and O–H groups in total. The number of rotatable bonds is 7. The summed E-state index contributed by atoms with van der Waals surface area (Å²) in [6, 6.07) is 0. The van der Waals surface area contributed by atoms with Gasteiger partial charge in [0.25, 0.3) is 0 Å². The molecule has 1 fully saturated rings. The number of ether oxygens (including phenoxy) is 1. The van der Waals surface area contributed by atoms with Crippen LogP contribution in [-0.2, 0) is 31.6 Å². The molecule has 0 aromatic carbocycles. The molecule has 1 aliphatic heterocycles. The minimum Gasteiger partial charge on any atom is -0.388 e. The summed E-state index contributed by atoms with van der Waals surface area (Å²) in [6.45, 7) is 0.602. The smallest absolute Gasteiger partial charge is 0.388 e. The number of phosphoric ester groups is 1. The molecular weight excluding hydrogens is 373 g/mol. The molecule has 1 aliphatic rings. The second kappa shape index (κ2) is 7.04. The summed E-state index contributed by atoms with van der Waals surface area (Å²) < 4.78 is 49.1. The van der Waals surface area contributed by atoms with Gasteiger partial charge in [-0.25, -0.2) is 13.7 Å².